The summed E-state index contributed by atoms with van der Waals surface area (Å²) >= 11 is 1.62. The number of methoxy groups -OCH3 is 1. The van der Waals surface area contributed by atoms with Gasteiger partial charge in [-0.05, 0) is 38.0 Å². The Morgan fingerprint density at radius 2 is 2.12 bits per heavy atom. The van der Waals surface area contributed by atoms with E-state index in [0.717, 1.165) is 44.7 Å². The smallest absolute Gasteiger partial charge is 0.212 e. The van der Waals surface area contributed by atoms with E-state index in [1.165, 1.54) is 0 Å². The van der Waals surface area contributed by atoms with Gasteiger partial charge in [0.2, 0.25) is 4.96 Å². The highest BCUT2D eigenvalue weighted by atomic mass is 32.2. The van der Waals surface area contributed by atoms with E-state index in [0.29, 0.717) is 11.7 Å². The molecule has 0 saturated heterocycles. The molecule has 1 aromatic carbocycles. The van der Waals surface area contributed by atoms with Crippen molar-refractivity contribution < 1.29 is 8.95 Å². The second kappa shape index (κ2) is 6.21. The summed E-state index contributed by atoms with van der Waals surface area (Å²) in [6, 6.07) is 5.88. The van der Waals surface area contributed by atoms with Gasteiger partial charge in [0.25, 0.3) is 0 Å². The van der Waals surface area contributed by atoms with Crippen LogP contribution in [0.4, 0.5) is 0 Å². The van der Waals surface area contributed by atoms with E-state index in [1.54, 1.807) is 18.4 Å². The number of aromatic nitrogens is 3. The molecular formula is C18H21N3O2S2. The van der Waals surface area contributed by atoms with Crippen LogP contribution in [0.3, 0.4) is 0 Å². The fourth-order valence-corrected chi connectivity index (χ4v) is 5.33. The van der Waals surface area contributed by atoms with Gasteiger partial charge in [-0.3, -0.25) is 4.21 Å². The second-order valence-electron chi connectivity index (χ2n) is 6.70. The Morgan fingerprint density at radius 1 is 1.36 bits per heavy atom. The zero-order valence-corrected chi connectivity index (χ0v) is 16.4. The summed E-state index contributed by atoms with van der Waals surface area (Å²) in [5.41, 5.74) is 2.88. The van der Waals surface area contributed by atoms with Crippen LogP contribution in [0.2, 0.25) is 0 Å². The number of rotatable bonds is 5. The van der Waals surface area contributed by atoms with Crippen LogP contribution in [0.5, 0.6) is 5.75 Å². The third-order valence-electron chi connectivity index (χ3n) is 4.37. The van der Waals surface area contributed by atoms with E-state index < -0.39 is 10.8 Å². The third-order valence-corrected chi connectivity index (χ3v) is 7.41. The summed E-state index contributed by atoms with van der Waals surface area (Å²) < 4.78 is 20.1. The quantitative estimate of drug-likeness (QED) is 0.672. The summed E-state index contributed by atoms with van der Waals surface area (Å²) in [5, 5.41) is 6.07. The molecule has 3 aromatic rings. The number of nitrogens with zero attached hydrogens (tertiary/aromatic N) is 3. The Morgan fingerprint density at radius 3 is 2.76 bits per heavy atom. The van der Waals surface area contributed by atoms with Crippen LogP contribution in [0.15, 0.2) is 23.1 Å². The summed E-state index contributed by atoms with van der Waals surface area (Å²) in [6.07, 6.45) is 2.06. The summed E-state index contributed by atoms with van der Waals surface area (Å²) in [4.78, 5) is 6.34. The average Bonchev–Trinajstić information content (AvgIpc) is 3.29. The first-order valence-electron chi connectivity index (χ1n) is 8.44. The van der Waals surface area contributed by atoms with Crippen LogP contribution in [-0.2, 0) is 10.8 Å². The maximum Gasteiger partial charge on any atom is 0.212 e. The Bertz CT molecular complexity index is 970. The summed E-state index contributed by atoms with van der Waals surface area (Å²) in [6.45, 7) is 6.26. The molecule has 4 rings (SSSR count). The van der Waals surface area contributed by atoms with Gasteiger partial charge in [0.05, 0.1) is 34.2 Å². The molecule has 0 amide bonds. The van der Waals surface area contributed by atoms with Gasteiger partial charge in [-0.25, -0.2) is 9.50 Å². The van der Waals surface area contributed by atoms with Crippen molar-refractivity contribution in [2.24, 2.45) is 0 Å². The highest BCUT2D eigenvalue weighted by Gasteiger charge is 2.31. The van der Waals surface area contributed by atoms with Crippen molar-refractivity contribution in [3.8, 4) is 17.0 Å². The molecule has 5 nitrogen and oxygen atoms in total. The average molecular weight is 376 g/mol. The van der Waals surface area contributed by atoms with Crippen molar-refractivity contribution in [1.82, 2.24) is 14.6 Å². The van der Waals surface area contributed by atoms with E-state index in [2.05, 4.69) is 18.8 Å². The minimum absolute atomic E-state index is 0.266. The van der Waals surface area contributed by atoms with E-state index in [1.807, 2.05) is 29.6 Å². The number of benzene rings is 1. The van der Waals surface area contributed by atoms with Gasteiger partial charge in [-0.15, -0.1) is 0 Å². The fraction of sp³-hybridized carbons (Fsp3) is 0.444. The Balaban J connectivity index is 1.86. The van der Waals surface area contributed by atoms with E-state index in [9.17, 15) is 4.21 Å². The number of ether oxygens (including phenoxy) is 1. The first-order chi connectivity index (χ1) is 12.0. The van der Waals surface area contributed by atoms with Gasteiger partial charge < -0.3 is 4.74 Å². The maximum atomic E-state index is 12.7. The Kier molecular flexibility index (Phi) is 4.16. The van der Waals surface area contributed by atoms with Crippen LogP contribution in [-0.4, -0.2) is 31.2 Å². The minimum atomic E-state index is -1.02. The molecule has 1 fully saturated rings. The lowest BCUT2D eigenvalue weighted by molar-refractivity contribution is 0.404. The van der Waals surface area contributed by atoms with Crippen LogP contribution >= 0.6 is 11.3 Å². The Labute approximate surface area is 153 Å². The van der Waals surface area contributed by atoms with Crippen molar-refractivity contribution in [3.05, 3.63) is 28.9 Å². The topological polar surface area (TPSA) is 56.5 Å². The second-order valence-corrected chi connectivity index (χ2v) is 9.39. The van der Waals surface area contributed by atoms with Crippen molar-refractivity contribution in [1.29, 1.82) is 0 Å². The first-order valence-corrected chi connectivity index (χ1v) is 10.5. The van der Waals surface area contributed by atoms with Gasteiger partial charge in [-0.1, -0.05) is 25.2 Å². The van der Waals surface area contributed by atoms with Crippen molar-refractivity contribution in [3.63, 3.8) is 0 Å². The SMILES string of the molecule is COc1ccc(-c2c(C)nc3sc(C(C)C)nn23)cc1S(=O)C1CC1. The minimum Gasteiger partial charge on any atom is -0.495 e. The van der Waals surface area contributed by atoms with Gasteiger partial charge in [0, 0.05) is 16.7 Å². The molecule has 1 aliphatic carbocycles. The molecule has 2 aromatic heterocycles. The molecule has 1 unspecified atom stereocenters. The van der Waals surface area contributed by atoms with Gasteiger partial charge in [0.1, 0.15) is 10.8 Å². The summed E-state index contributed by atoms with van der Waals surface area (Å²) in [7, 11) is 0.603. The molecule has 0 N–H and O–H groups in total. The number of hydrogen-bond donors (Lipinski definition) is 0. The molecule has 0 aliphatic heterocycles. The molecule has 1 aliphatic rings. The normalized spacial score (nSPS) is 15.9. The predicted octanol–water partition coefficient (Wildman–Crippen LogP) is 4.17. The predicted molar refractivity (Wildman–Crippen MR) is 101 cm³/mol. The zero-order valence-electron chi connectivity index (χ0n) is 14.8. The highest BCUT2D eigenvalue weighted by Crippen LogP contribution is 2.37. The number of hydrogen-bond acceptors (Lipinski definition) is 5. The Hall–Kier alpha value is -1.73. The van der Waals surface area contributed by atoms with E-state index in [4.69, 9.17) is 9.84 Å². The third kappa shape index (κ3) is 2.89. The fourth-order valence-electron chi connectivity index (χ4n) is 2.87. The number of imidazole rings is 1. The molecule has 1 atom stereocenters. The lowest BCUT2D eigenvalue weighted by atomic mass is 10.1. The molecule has 25 heavy (non-hydrogen) atoms. The van der Waals surface area contributed by atoms with Gasteiger partial charge in [-0.2, -0.15) is 5.10 Å². The van der Waals surface area contributed by atoms with Gasteiger partial charge >= 0.3 is 0 Å². The lowest BCUT2D eigenvalue weighted by Gasteiger charge is -2.10. The molecule has 132 valence electrons. The number of fused-ring (bicyclic) bond motifs is 1. The highest BCUT2D eigenvalue weighted by molar-refractivity contribution is 7.86. The van der Waals surface area contributed by atoms with Crippen molar-refractivity contribution in [2.45, 2.75) is 49.7 Å². The molecule has 2 heterocycles. The lowest BCUT2D eigenvalue weighted by Crippen LogP contribution is -2.02. The molecule has 0 bridgehead atoms. The summed E-state index contributed by atoms with van der Waals surface area (Å²) in [5.74, 6) is 1.06. The number of aryl methyl sites for hydroxylation is 1. The largest absolute Gasteiger partial charge is 0.495 e. The van der Waals surface area contributed by atoms with Gasteiger partial charge in [0.15, 0.2) is 0 Å². The van der Waals surface area contributed by atoms with Crippen LogP contribution in [0, 0.1) is 6.92 Å². The van der Waals surface area contributed by atoms with E-state index >= 15 is 0 Å². The van der Waals surface area contributed by atoms with Crippen molar-refractivity contribution in [2.75, 3.05) is 7.11 Å². The first kappa shape index (κ1) is 16.7. The molecule has 0 radical (unpaired) electrons. The van der Waals surface area contributed by atoms with Crippen molar-refractivity contribution >= 4 is 27.1 Å². The van der Waals surface area contributed by atoms with Crippen LogP contribution in [0.1, 0.15) is 43.3 Å². The molecule has 0 spiro atoms. The monoisotopic (exact) mass is 375 g/mol. The maximum absolute atomic E-state index is 12.7. The molecule has 1 saturated carbocycles. The van der Waals surface area contributed by atoms with Crippen LogP contribution < -0.4 is 4.74 Å². The standard InChI is InChI=1S/C18H21N3O2S2/c1-10(2)17-20-21-16(11(3)19-18(21)24-17)12-5-8-14(23-4)15(9-12)25(22)13-6-7-13/h5,8-10,13H,6-7H2,1-4H3. The van der Waals surface area contributed by atoms with E-state index in [-0.39, 0.29) is 5.25 Å². The molecular weight excluding hydrogens is 354 g/mol. The zero-order chi connectivity index (χ0) is 17.7. The van der Waals surface area contributed by atoms with Crippen LogP contribution in [0.25, 0.3) is 16.2 Å². The molecule has 7 heteroatoms.